The first-order valence-corrected chi connectivity index (χ1v) is 8.31. The predicted molar refractivity (Wildman–Crippen MR) is 83.6 cm³/mol. The fourth-order valence-corrected chi connectivity index (χ4v) is 3.98. The monoisotopic (exact) mass is 308 g/mol. The summed E-state index contributed by atoms with van der Waals surface area (Å²) in [5.74, 6) is 1.60. The molecule has 1 aliphatic carbocycles. The van der Waals surface area contributed by atoms with E-state index in [1.165, 1.54) is 36.8 Å². The standard InChI is InChI=1S/C17H25Br/c1-17(2,3)15-10-8-14(9-11-15)16(12-18)13-6-4-5-7-13/h8-11,13,16H,4-7,12H2,1-3H3. The van der Waals surface area contributed by atoms with Crippen LogP contribution in [0.15, 0.2) is 24.3 Å². The lowest BCUT2D eigenvalue weighted by atomic mass is 9.83. The Hall–Kier alpha value is -0.300. The second kappa shape index (κ2) is 5.77. The van der Waals surface area contributed by atoms with Crippen LogP contribution in [0.25, 0.3) is 0 Å². The largest absolute Gasteiger partial charge is 0.0921 e. The van der Waals surface area contributed by atoms with Gasteiger partial charge in [0, 0.05) is 5.33 Å². The van der Waals surface area contributed by atoms with Crippen LogP contribution in [0.3, 0.4) is 0 Å². The third-order valence-corrected chi connectivity index (χ3v) is 5.04. The number of hydrogen-bond acceptors (Lipinski definition) is 0. The molecular weight excluding hydrogens is 284 g/mol. The van der Waals surface area contributed by atoms with Gasteiger partial charge < -0.3 is 0 Å². The van der Waals surface area contributed by atoms with Gasteiger partial charge in [0.05, 0.1) is 0 Å². The molecule has 0 saturated heterocycles. The van der Waals surface area contributed by atoms with E-state index in [0.717, 1.165) is 11.2 Å². The molecule has 0 amide bonds. The van der Waals surface area contributed by atoms with Gasteiger partial charge in [-0.2, -0.15) is 0 Å². The van der Waals surface area contributed by atoms with E-state index in [-0.39, 0.29) is 5.41 Å². The Morgan fingerprint density at radius 3 is 2.11 bits per heavy atom. The van der Waals surface area contributed by atoms with Crippen LogP contribution in [0.1, 0.15) is 63.5 Å². The average molecular weight is 309 g/mol. The van der Waals surface area contributed by atoms with E-state index in [9.17, 15) is 0 Å². The molecule has 2 rings (SSSR count). The quantitative estimate of drug-likeness (QED) is 0.633. The summed E-state index contributed by atoms with van der Waals surface area (Å²) in [6.07, 6.45) is 5.68. The summed E-state index contributed by atoms with van der Waals surface area (Å²) in [7, 11) is 0. The molecule has 1 atom stereocenters. The minimum Gasteiger partial charge on any atom is -0.0921 e. The minimum absolute atomic E-state index is 0.260. The molecule has 0 aromatic heterocycles. The van der Waals surface area contributed by atoms with Crippen LogP contribution >= 0.6 is 15.9 Å². The van der Waals surface area contributed by atoms with Crippen molar-refractivity contribution in [2.45, 2.75) is 57.8 Å². The molecular formula is C17H25Br. The van der Waals surface area contributed by atoms with Crippen LogP contribution in [0.4, 0.5) is 0 Å². The number of halogens is 1. The van der Waals surface area contributed by atoms with E-state index in [1.807, 2.05) is 0 Å². The highest BCUT2D eigenvalue weighted by Crippen LogP contribution is 2.38. The smallest absolute Gasteiger partial charge is 0.0103 e. The van der Waals surface area contributed by atoms with Crippen molar-refractivity contribution in [3.63, 3.8) is 0 Å². The van der Waals surface area contributed by atoms with Gasteiger partial charge in [0.15, 0.2) is 0 Å². The van der Waals surface area contributed by atoms with E-state index in [4.69, 9.17) is 0 Å². The fourth-order valence-electron chi connectivity index (χ4n) is 3.08. The molecule has 0 bridgehead atoms. The maximum atomic E-state index is 3.72. The Bertz CT molecular complexity index is 366. The molecule has 100 valence electrons. The van der Waals surface area contributed by atoms with E-state index in [2.05, 4.69) is 61.0 Å². The molecule has 1 saturated carbocycles. The first kappa shape index (κ1) is 14.1. The zero-order valence-electron chi connectivity index (χ0n) is 11.9. The maximum absolute atomic E-state index is 3.72. The van der Waals surface area contributed by atoms with Gasteiger partial charge in [-0.15, -0.1) is 0 Å². The summed E-state index contributed by atoms with van der Waals surface area (Å²) in [6, 6.07) is 9.34. The lowest BCUT2D eigenvalue weighted by Crippen LogP contribution is -2.13. The van der Waals surface area contributed by atoms with Crippen molar-refractivity contribution in [3.8, 4) is 0 Å². The molecule has 1 aromatic carbocycles. The number of hydrogen-bond donors (Lipinski definition) is 0. The van der Waals surface area contributed by atoms with Gasteiger partial charge in [-0.25, -0.2) is 0 Å². The second-order valence-corrected chi connectivity index (χ2v) is 7.32. The lowest BCUT2D eigenvalue weighted by Gasteiger charge is -2.24. The molecule has 0 heterocycles. The first-order valence-electron chi connectivity index (χ1n) is 7.19. The predicted octanol–water partition coefficient (Wildman–Crippen LogP) is 5.65. The van der Waals surface area contributed by atoms with E-state index < -0.39 is 0 Å². The third kappa shape index (κ3) is 3.17. The molecule has 18 heavy (non-hydrogen) atoms. The van der Waals surface area contributed by atoms with Crippen molar-refractivity contribution in [2.75, 3.05) is 5.33 Å². The molecule has 0 N–H and O–H groups in total. The van der Waals surface area contributed by atoms with Gasteiger partial charge in [0.1, 0.15) is 0 Å². The van der Waals surface area contributed by atoms with Crippen molar-refractivity contribution in [3.05, 3.63) is 35.4 Å². The van der Waals surface area contributed by atoms with Crippen LogP contribution in [0.5, 0.6) is 0 Å². The van der Waals surface area contributed by atoms with Gasteiger partial charge in [-0.3, -0.25) is 0 Å². The van der Waals surface area contributed by atoms with Crippen LogP contribution < -0.4 is 0 Å². The molecule has 0 nitrogen and oxygen atoms in total. The van der Waals surface area contributed by atoms with E-state index >= 15 is 0 Å². The molecule has 0 spiro atoms. The third-order valence-electron chi connectivity index (χ3n) is 4.34. The number of alkyl halides is 1. The molecule has 0 radical (unpaired) electrons. The molecule has 1 fully saturated rings. The van der Waals surface area contributed by atoms with Crippen molar-refractivity contribution in [1.29, 1.82) is 0 Å². The van der Waals surface area contributed by atoms with Gasteiger partial charge in [-0.05, 0) is 41.2 Å². The van der Waals surface area contributed by atoms with Crippen LogP contribution in [-0.2, 0) is 5.41 Å². The summed E-state index contributed by atoms with van der Waals surface area (Å²) in [6.45, 7) is 6.84. The number of rotatable bonds is 3. The first-order chi connectivity index (χ1) is 8.52. The number of benzene rings is 1. The Morgan fingerprint density at radius 2 is 1.67 bits per heavy atom. The van der Waals surface area contributed by atoms with Crippen LogP contribution in [0, 0.1) is 5.92 Å². The molecule has 0 aliphatic heterocycles. The van der Waals surface area contributed by atoms with E-state index in [0.29, 0.717) is 5.92 Å². The SMILES string of the molecule is CC(C)(C)c1ccc(C(CBr)C2CCCC2)cc1. The summed E-state index contributed by atoms with van der Waals surface area (Å²) in [5.41, 5.74) is 3.22. The highest BCUT2D eigenvalue weighted by atomic mass is 79.9. The van der Waals surface area contributed by atoms with Crippen molar-refractivity contribution < 1.29 is 0 Å². The fraction of sp³-hybridized carbons (Fsp3) is 0.647. The van der Waals surface area contributed by atoms with E-state index in [1.54, 1.807) is 0 Å². The zero-order chi connectivity index (χ0) is 13.2. The Kier molecular flexibility index (Phi) is 4.53. The molecule has 1 aromatic rings. The summed E-state index contributed by atoms with van der Waals surface area (Å²) in [4.78, 5) is 0. The van der Waals surface area contributed by atoms with Gasteiger partial charge in [0.2, 0.25) is 0 Å². The Labute approximate surface area is 120 Å². The topological polar surface area (TPSA) is 0 Å². The average Bonchev–Trinajstić information content (AvgIpc) is 2.83. The van der Waals surface area contributed by atoms with Crippen molar-refractivity contribution >= 4 is 15.9 Å². The zero-order valence-corrected chi connectivity index (χ0v) is 13.5. The highest BCUT2D eigenvalue weighted by Gasteiger charge is 2.25. The highest BCUT2D eigenvalue weighted by molar-refractivity contribution is 9.09. The summed E-state index contributed by atoms with van der Waals surface area (Å²) in [5, 5.41) is 1.10. The second-order valence-electron chi connectivity index (χ2n) is 6.68. The summed E-state index contributed by atoms with van der Waals surface area (Å²) >= 11 is 3.72. The van der Waals surface area contributed by atoms with Gasteiger partial charge in [0.25, 0.3) is 0 Å². The van der Waals surface area contributed by atoms with Crippen molar-refractivity contribution in [2.24, 2.45) is 5.92 Å². The van der Waals surface area contributed by atoms with Crippen LogP contribution in [-0.4, -0.2) is 5.33 Å². The normalized spacial score (nSPS) is 19.1. The summed E-state index contributed by atoms with van der Waals surface area (Å²) < 4.78 is 0. The van der Waals surface area contributed by atoms with Crippen LogP contribution in [0.2, 0.25) is 0 Å². The molecule has 1 heteroatoms. The minimum atomic E-state index is 0.260. The van der Waals surface area contributed by atoms with Crippen molar-refractivity contribution in [1.82, 2.24) is 0 Å². The Balaban J connectivity index is 2.16. The maximum Gasteiger partial charge on any atom is 0.0103 e. The van der Waals surface area contributed by atoms with Gasteiger partial charge in [-0.1, -0.05) is 73.8 Å². The molecule has 1 unspecified atom stereocenters. The lowest BCUT2D eigenvalue weighted by molar-refractivity contribution is 0.467. The molecule has 1 aliphatic rings. The van der Waals surface area contributed by atoms with Gasteiger partial charge >= 0.3 is 0 Å². The Morgan fingerprint density at radius 1 is 1.11 bits per heavy atom.